The van der Waals surface area contributed by atoms with E-state index >= 15 is 0 Å². The van der Waals surface area contributed by atoms with Crippen LogP contribution >= 0.6 is 0 Å². The molecule has 0 aromatic rings. The Labute approximate surface area is 103 Å². The van der Waals surface area contributed by atoms with Crippen LogP contribution in [0.15, 0.2) is 0 Å². The summed E-state index contributed by atoms with van der Waals surface area (Å²) in [6.45, 7) is 4.74. The van der Waals surface area contributed by atoms with Crippen molar-refractivity contribution < 1.29 is 18.3 Å². The van der Waals surface area contributed by atoms with E-state index in [9.17, 15) is 13.2 Å². The second kappa shape index (κ2) is 5.82. The summed E-state index contributed by atoms with van der Waals surface area (Å²) in [5.41, 5.74) is 0. The topological polar surface area (TPSA) is 74.7 Å². The molecule has 1 atom stereocenters. The molecule has 1 heterocycles. The summed E-state index contributed by atoms with van der Waals surface area (Å²) in [6, 6.07) is -0.116. The second-order valence-electron chi connectivity index (χ2n) is 5.10. The summed E-state index contributed by atoms with van der Waals surface area (Å²) in [5, 5.41) is 8.85. The van der Waals surface area contributed by atoms with Crippen LogP contribution in [-0.4, -0.2) is 55.0 Å². The maximum absolute atomic E-state index is 11.4. The molecule has 5 nitrogen and oxygen atoms in total. The van der Waals surface area contributed by atoms with Gasteiger partial charge in [0.05, 0.1) is 18.1 Å². The molecule has 0 aliphatic carbocycles. The lowest BCUT2D eigenvalue weighted by Gasteiger charge is -2.26. The summed E-state index contributed by atoms with van der Waals surface area (Å²) in [4.78, 5) is 12.6. The minimum Gasteiger partial charge on any atom is -0.480 e. The molecule has 1 aliphatic rings. The van der Waals surface area contributed by atoms with Gasteiger partial charge >= 0.3 is 5.97 Å². The van der Waals surface area contributed by atoms with E-state index in [1.54, 1.807) is 4.90 Å². The Morgan fingerprint density at radius 1 is 1.47 bits per heavy atom. The van der Waals surface area contributed by atoms with Gasteiger partial charge in [-0.2, -0.15) is 0 Å². The third kappa shape index (κ3) is 5.04. The molecule has 17 heavy (non-hydrogen) atoms. The summed E-state index contributed by atoms with van der Waals surface area (Å²) >= 11 is 0. The molecule has 0 bridgehead atoms. The van der Waals surface area contributed by atoms with Crippen molar-refractivity contribution in [1.82, 2.24) is 4.90 Å². The van der Waals surface area contributed by atoms with Crippen molar-refractivity contribution in [2.45, 2.75) is 32.7 Å². The van der Waals surface area contributed by atoms with Crippen molar-refractivity contribution in [3.63, 3.8) is 0 Å². The van der Waals surface area contributed by atoms with E-state index in [2.05, 4.69) is 13.8 Å². The minimum absolute atomic E-state index is 0.0626. The SMILES string of the molecule is CC(C)CCN(CC(=O)O)C1CCS(=O)(=O)C1. The molecular weight excluding hydrogens is 242 g/mol. The molecule has 1 saturated heterocycles. The van der Waals surface area contributed by atoms with Crippen molar-refractivity contribution in [1.29, 1.82) is 0 Å². The van der Waals surface area contributed by atoms with Crippen LogP contribution in [-0.2, 0) is 14.6 Å². The van der Waals surface area contributed by atoms with E-state index < -0.39 is 15.8 Å². The lowest BCUT2D eigenvalue weighted by molar-refractivity contribution is -0.138. The Hall–Kier alpha value is -0.620. The van der Waals surface area contributed by atoms with Gasteiger partial charge in [0.15, 0.2) is 9.84 Å². The number of aliphatic carboxylic acids is 1. The van der Waals surface area contributed by atoms with Gasteiger partial charge in [0.25, 0.3) is 0 Å². The molecule has 0 amide bonds. The molecule has 0 saturated carbocycles. The summed E-state index contributed by atoms with van der Waals surface area (Å²) in [6.07, 6.45) is 1.46. The maximum atomic E-state index is 11.4. The van der Waals surface area contributed by atoms with Crippen LogP contribution in [0.1, 0.15) is 26.7 Å². The Morgan fingerprint density at radius 2 is 2.12 bits per heavy atom. The van der Waals surface area contributed by atoms with Crippen LogP contribution < -0.4 is 0 Å². The highest BCUT2D eigenvalue weighted by Gasteiger charge is 2.32. The van der Waals surface area contributed by atoms with Gasteiger partial charge in [-0.05, 0) is 25.3 Å². The Bertz CT molecular complexity index is 364. The van der Waals surface area contributed by atoms with Crippen LogP contribution in [0.5, 0.6) is 0 Å². The van der Waals surface area contributed by atoms with E-state index in [4.69, 9.17) is 5.11 Å². The molecule has 1 N–H and O–H groups in total. The van der Waals surface area contributed by atoms with Gasteiger partial charge < -0.3 is 5.11 Å². The van der Waals surface area contributed by atoms with Gasteiger partial charge in [-0.25, -0.2) is 8.42 Å². The Balaban J connectivity index is 2.60. The zero-order chi connectivity index (χ0) is 13.1. The van der Waals surface area contributed by atoms with Crippen LogP contribution in [0.3, 0.4) is 0 Å². The minimum atomic E-state index is -2.95. The first-order chi connectivity index (χ1) is 7.80. The summed E-state index contributed by atoms with van der Waals surface area (Å²) < 4.78 is 22.8. The van der Waals surface area contributed by atoms with Gasteiger partial charge in [0, 0.05) is 6.04 Å². The average molecular weight is 263 g/mol. The van der Waals surface area contributed by atoms with Crippen molar-refractivity contribution in [2.24, 2.45) is 5.92 Å². The summed E-state index contributed by atoms with van der Waals surface area (Å²) in [7, 11) is -2.95. The predicted molar refractivity (Wildman–Crippen MR) is 65.7 cm³/mol. The zero-order valence-electron chi connectivity index (χ0n) is 10.4. The maximum Gasteiger partial charge on any atom is 0.317 e. The first-order valence-corrected chi connectivity index (χ1v) is 7.78. The van der Waals surface area contributed by atoms with Gasteiger partial charge in [-0.1, -0.05) is 13.8 Å². The van der Waals surface area contributed by atoms with Crippen LogP contribution in [0.2, 0.25) is 0 Å². The molecule has 1 rings (SSSR count). The van der Waals surface area contributed by atoms with E-state index in [1.165, 1.54) is 0 Å². The van der Waals surface area contributed by atoms with Gasteiger partial charge in [0.1, 0.15) is 0 Å². The Kier molecular flexibility index (Phi) is 4.94. The Morgan fingerprint density at radius 3 is 2.53 bits per heavy atom. The number of nitrogens with zero attached hydrogens (tertiary/aromatic N) is 1. The number of carbonyl (C=O) groups is 1. The molecule has 1 fully saturated rings. The normalized spacial score (nSPS) is 23.4. The average Bonchev–Trinajstić information content (AvgIpc) is 2.52. The third-order valence-electron chi connectivity index (χ3n) is 3.06. The number of hydrogen-bond donors (Lipinski definition) is 1. The largest absolute Gasteiger partial charge is 0.480 e. The molecule has 0 aromatic heterocycles. The zero-order valence-corrected chi connectivity index (χ0v) is 11.2. The van der Waals surface area contributed by atoms with Crippen molar-refractivity contribution in [2.75, 3.05) is 24.6 Å². The summed E-state index contributed by atoms with van der Waals surface area (Å²) in [5.74, 6) is -0.101. The molecule has 0 spiro atoms. The predicted octanol–water partition coefficient (Wildman–Crippen LogP) is 0.606. The van der Waals surface area contributed by atoms with E-state index in [-0.39, 0.29) is 24.1 Å². The van der Waals surface area contributed by atoms with E-state index in [0.29, 0.717) is 18.9 Å². The first kappa shape index (κ1) is 14.4. The fraction of sp³-hybridized carbons (Fsp3) is 0.909. The third-order valence-corrected chi connectivity index (χ3v) is 4.81. The molecular formula is C11H21NO4S. The standard InChI is InChI=1S/C11H21NO4S/c1-9(2)3-5-12(7-11(13)14)10-4-6-17(15,16)8-10/h9-10H,3-8H2,1-2H3,(H,13,14). The quantitative estimate of drug-likeness (QED) is 0.760. The molecule has 0 radical (unpaired) electrons. The molecule has 1 unspecified atom stereocenters. The second-order valence-corrected chi connectivity index (χ2v) is 7.33. The lowest BCUT2D eigenvalue weighted by Crippen LogP contribution is -2.40. The number of sulfone groups is 1. The number of carboxylic acid groups (broad SMARTS) is 1. The van der Waals surface area contributed by atoms with Crippen molar-refractivity contribution in [3.8, 4) is 0 Å². The first-order valence-electron chi connectivity index (χ1n) is 5.96. The van der Waals surface area contributed by atoms with Gasteiger partial charge in [0.2, 0.25) is 0 Å². The van der Waals surface area contributed by atoms with Gasteiger partial charge in [-0.3, -0.25) is 9.69 Å². The number of hydrogen-bond acceptors (Lipinski definition) is 4. The highest BCUT2D eigenvalue weighted by molar-refractivity contribution is 7.91. The lowest BCUT2D eigenvalue weighted by atomic mass is 10.1. The van der Waals surface area contributed by atoms with Gasteiger partial charge in [-0.15, -0.1) is 0 Å². The van der Waals surface area contributed by atoms with E-state index in [0.717, 1.165) is 6.42 Å². The van der Waals surface area contributed by atoms with Crippen molar-refractivity contribution in [3.05, 3.63) is 0 Å². The molecule has 100 valence electrons. The monoisotopic (exact) mass is 263 g/mol. The highest BCUT2D eigenvalue weighted by Crippen LogP contribution is 2.18. The fourth-order valence-electron chi connectivity index (χ4n) is 2.05. The van der Waals surface area contributed by atoms with Crippen molar-refractivity contribution >= 4 is 15.8 Å². The molecule has 1 aliphatic heterocycles. The van der Waals surface area contributed by atoms with E-state index in [1.807, 2.05) is 0 Å². The number of rotatable bonds is 6. The number of carboxylic acids is 1. The van der Waals surface area contributed by atoms with Crippen LogP contribution in [0, 0.1) is 5.92 Å². The van der Waals surface area contributed by atoms with Crippen LogP contribution in [0.25, 0.3) is 0 Å². The highest BCUT2D eigenvalue weighted by atomic mass is 32.2. The van der Waals surface area contributed by atoms with Crippen LogP contribution in [0.4, 0.5) is 0 Å². The fourth-order valence-corrected chi connectivity index (χ4v) is 3.81. The molecule has 0 aromatic carbocycles. The smallest absolute Gasteiger partial charge is 0.317 e. The molecule has 6 heteroatoms.